The number of likely N-dealkylation sites (tertiary alicyclic amines) is 1. The Morgan fingerprint density at radius 3 is 2.11 bits per heavy atom. The Morgan fingerprint density at radius 2 is 1.59 bits per heavy atom. The first-order chi connectivity index (χ1) is 17.3. The number of amides is 4. The number of carbonyl (C=O) groups excluding carboxylic acids is 4. The van der Waals surface area contributed by atoms with Crippen molar-refractivity contribution in [1.29, 1.82) is 0 Å². The average molecular weight is 517 g/mol. The van der Waals surface area contributed by atoms with Gasteiger partial charge in [0.2, 0.25) is 17.7 Å². The van der Waals surface area contributed by atoms with E-state index in [0.29, 0.717) is 38.0 Å². The van der Waals surface area contributed by atoms with Crippen LogP contribution in [0.1, 0.15) is 73.3 Å². The first kappa shape index (κ1) is 30.1. The van der Waals surface area contributed by atoms with Crippen LogP contribution in [-0.2, 0) is 25.5 Å². The second-order valence-corrected chi connectivity index (χ2v) is 11.2. The Labute approximate surface area is 221 Å². The number of nitrogens with zero attached hydrogens (tertiary/aromatic N) is 1. The van der Waals surface area contributed by atoms with Crippen molar-refractivity contribution in [3.63, 3.8) is 0 Å². The lowest BCUT2D eigenvalue weighted by Gasteiger charge is -2.34. The zero-order chi connectivity index (χ0) is 27.8. The van der Waals surface area contributed by atoms with Crippen LogP contribution < -0.4 is 16.0 Å². The summed E-state index contributed by atoms with van der Waals surface area (Å²) in [6, 6.07) is 6.25. The third-order valence-corrected chi connectivity index (χ3v) is 6.26. The van der Waals surface area contributed by atoms with E-state index < -0.39 is 23.8 Å². The fraction of sp³-hybridized carbons (Fsp3) is 0.643. The van der Waals surface area contributed by atoms with Gasteiger partial charge in [-0.25, -0.2) is 4.79 Å². The van der Waals surface area contributed by atoms with E-state index in [9.17, 15) is 19.2 Å². The summed E-state index contributed by atoms with van der Waals surface area (Å²) in [5.74, 6) is -0.730. The molecule has 2 atom stereocenters. The van der Waals surface area contributed by atoms with Gasteiger partial charge in [-0.1, -0.05) is 32.9 Å². The van der Waals surface area contributed by atoms with E-state index in [1.807, 2.05) is 38.1 Å². The molecule has 3 N–H and O–H groups in total. The molecular formula is C28H44N4O5. The molecule has 4 amide bonds. The summed E-state index contributed by atoms with van der Waals surface area (Å²) in [6.45, 7) is 13.8. The molecule has 1 fully saturated rings. The molecule has 0 aromatic heterocycles. The van der Waals surface area contributed by atoms with Gasteiger partial charge in [0, 0.05) is 24.7 Å². The molecular weight excluding hydrogens is 472 g/mol. The molecule has 1 aliphatic rings. The number of alkyl carbamates (subject to hydrolysis) is 1. The number of ether oxygens (including phenoxy) is 1. The zero-order valence-corrected chi connectivity index (χ0v) is 23.3. The molecule has 9 heteroatoms. The van der Waals surface area contributed by atoms with Crippen LogP contribution in [0.5, 0.6) is 0 Å². The summed E-state index contributed by atoms with van der Waals surface area (Å²) in [5.41, 5.74) is 1.21. The molecule has 0 saturated carbocycles. The molecule has 9 nitrogen and oxygen atoms in total. The molecule has 1 heterocycles. The third kappa shape index (κ3) is 10.1. The third-order valence-electron chi connectivity index (χ3n) is 6.26. The second kappa shape index (κ2) is 13.4. The van der Waals surface area contributed by atoms with Crippen molar-refractivity contribution in [2.45, 2.75) is 91.8 Å². The number of aryl methyl sites for hydroxylation is 1. The van der Waals surface area contributed by atoms with Crippen molar-refractivity contribution in [3.8, 4) is 0 Å². The van der Waals surface area contributed by atoms with E-state index in [2.05, 4.69) is 22.9 Å². The van der Waals surface area contributed by atoms with Gasteiger partial charge in [0.15, 0.2) is 0 Å². The van der Waals surface area contributed by atoms with Crippen molar-refractivity contribution in [2.24, 2.45) is 11.8 Å². The van der Waals surface area contributed by atoms with Crippen LogP contribution in [0, 0.1) is 11.8 Å². The highest BCUT2D eigenvalue weighted by Crippen LogP contribution is 2.20. The summed E-state index contributed by atoms with van der Waals surface area (Å²) in [5, 5.41) is 8.36. The Hall–Kier alpha value is -3.10. The molecule has 0 radical (unpaired) electrons. The topological polar surface area (TPSA) is 117 Å². The summed E-state index contributed by atoms with van der Waals surface area (Å²) >= 11 is 0. The second-order valence-electron chi connectivity index (χ2n) is 11.2. The average Bonchev–Trinajstić information content (AvgIpc) is 2.82. The van der Waals surface area contributed by atoms with Gasteiger partial charge in [0.25, 0.3) is 0 Å². The molecule has 1 aromatic carbocycles. The Bertz CT molecular complexity index is 931. The first-order valence-corrected chi connectivity index (χ1v) is 13.3. The Kier molecular flexibility index (Phi) is 10.9. The monoisotopic (exact) mass is 516 g/mol. The zero-order valence-electron chi connectivity index (χ0n) is 23.3. The van der Waals surface area contributed by atoms with E-state index in [-0.39, 0.29) is 29.6 Å². The standard InChI is InChI=1S/C28H44N4O5/c1-8-20-9-11-22(12-10-20)30-24(33)19(4)29-25(34)21-13-15-32(16-14-21)26(35)23(17-18(2)3)31-27(36)37-28(5,6)7/h9-12,18-19,21,23H,8,13-17H2,1-7H3,(H,29,34)(H,30,33)(H,31,36)/t19-,23-/m0/s1. The molecule has 1 saturated heterocycles. The molecule has 0 aliphatic carbocycles. The van der Waals surface area contributed by atoms with Gasteiger partial charge in [-0.05, 0) is 77.0 Å². The SMILES string of the molecule is CCc1ccc(NC(=O)[C@H](C)NC(=O)C2CCN(C(=O)[C@H](CC(C)C)NC(=O)OC(C)(C)C)CC2)cc1. The Balaban J connectivity index is 1.87. The smallest absolute Gasteiger partial charge is 0.408 e. The van der Waals surface area contributed by atoms with Crippen molar-refractivity contribution >= 4 is 29.5 Å². The molecule has 0 bridgehead atoms. The minimum atomic E-state index is -0.688. The van der Waals surface area contributed by atoms with Crippen LogP contribution >= 0.6 is 0 Å². The van der Waals surface area contributed by atoms with Gasteiger partial charge < -0.3 is 25.6 Å². The molecule has 0 spiro atoms. The largest absolute Gasteiger partial charge is 0.444 e. The van der Waals surface area contributed by atoms with Crippen molar-refractivity contribution in [3.05, 3.63) is 29.8 Å². The van der Waals surface area contributed by atoms with Gasteiger partial charge in [0.1, 0.15) is 17.7 Å². The van der Waals surface area contributed by atoms with Crippen LogP contribution in [0.2, 0.25) is 0 Å². The van der Waals surface area contributed by atoms with Gasteiger partial charge in [0.05, 0.1) is 0 Å². The van der Waals surface area contributed by atoms with E-state index in [0.717, 1.165) is 6.42 Å². The molecule has 1 aliphatic heterocycles. The predicted octanol–water partition coefficient (Wildman–Crippen LogP) is 3.87. The minimum Gasteiger partial charge on any atom is -0.444 e. The minimum absolute atomic E-state index is 0.166. The maximum absolute atomic E-state index is 13.2. The van der Waals surface area contributed by atoms with Crippen LogP contribution in [0.4, 0.5) is 10.5 Å². The number of hydrogen-bond acceptors (Lipinski definition) is 5. The fourth-order valence-corrected chi connectivity index (χ4v) is 4.20. The quantitative estimate of drug-likeness (QED) is 0.461. The number of piperidine rings is 1. The van der Waals surface area contributed by atoms with E-state index in [1.165, 1.54) is 5.56 Å². The number of carbonyl (C=O) groups is 4. The van der Waals surface area contributed by atoms with Crippen molar-refractivity contribution in [2.75, 3.05) is 18.4 Å². The molecule has 37 heavy (non-hydrogen) atoms. The summed E-state index contributed by atoms with van der Waals surface area (Å²) in [6.07, 6.45) is 1.78. The molecule has 206 valence electrons. The number of rotatable bonds is 9. The number of hydrogen-bond donors (Lipinski definition) is 3. The van der Waals surface area contributed by atoms with Crippen LogP contribution in [-0.4, -0.2) is 59.5 Å². The van der Waals surface area contributed by atoms with E-state index >= 15 is 0 Å². The first-order valence-electron chi connectivity index (χ1n) is 13.3. The van der Waals surface area contributed by atoms with Crippen LogP contribution in [0.25, 0.3) is 0 Å². The number of nitrogens with one attached hydrogen (secondary N) is 3. The fourth-order valence-electron chi connectivity index (χ4n) is 4.20. The lowest BCUT2D eigenvalue weighted by atomic mass is 9.94. The molecule has 1 aromatic rings. The van der Waals surface area contributed by atoms with Crippen molar-refractivity contribution < 1.29 is 23.9 Å². The van der Waals surface area contributed by atoms with Crippen LogP contribution in [0.15, 0.2) is 24.3 Å². The molecule has 0 unspecified atom stereocenters. The maximum atomic E-state index is 13.2. The summed E-state index contributed by atoms with van der Waals surface area (Å²) in [4.78, 5) is 52.5. The highest BCUT2D eigenvalue weighted by atomic mass is 16.6. The van der Waals surface area contributed by atoms with Crippen molar-refractivity contribution in [1.82, 2.24) is 15.5 Å². The normalized spacial score (nSPS) is 16.1. The number of benzene rings is 1. The predicted molar refractivity (Wildman–Crippen MR) is 144 cm³/mol. The van der Waals surface area contributed by atoms with Gasteiger partial charge >= 0.3 is 6.09 Å². The lowest BCUT2D eigenvalue weighted by molar-refractivity contribution is -0.138. The van der Waals surface area contributed by atoms with Crippen LogP contribution in [0.3, 0.4) is 0 Å². The highest BCUT2D eigenvalue weighted by molar-refractivity contribution is 5.97. The van der Waals surface area contributed by atoms with E-state index in [4.69, 9.17) is 4.74 Å². The summed E-state index contributed by atoms with van der Waals surface area (Å²) < 4.78 is 5.33. The van der Waals surface area contributed by atoms with Gasteiger partial charge in [-0.15, -0.1) is 0 Å². The maximum Gasteiger partial charge on any atom is 0.408 e. The molecule has 2 rings (SSSR count). The van der Waals surface area contributed by atoms with Gasteiger partial charge in [-0.3, -0.25) is 14.4 Å². The van der Waals surface area contributed by atoms with E-state index in [1.54, 1.807) is 32.6 Å². The number of anilines is 1. The lowest BCUT2D eigenvalue weighted by Crippen LogP contribution is -2.53. The highest BCUT2D eigenvalue weighted by Gasteiger charge is 2.33. The van der Waals surface area contributed by atoms with Gasteiger partial charge in [-0.2, -0.15) is 0 Å². The Morgan fingerprint density at radius 1 is 1.00 bits per heavy atom. The summed E-state index contributed by atoms with van der Waals surface area (Å²) in [7, 11) is 0.